The van der Waals surface area contributed by atoms with Gasteiger partial charge in [0, 0.05) is 10.9 Å². The summed E-state index contributed by atoms with van der Waals surface area (Å²) in [6.07, 6.45) is 1.47. The lowest BCUT2D eigenvalue weighted by Gasteiger charge is -2.06. The fourth-order valence-corrected chi connectivity index (χ4v) is 2.46. The van der Waals surface area contributed by atoms with E-state index >= 15 is 0 Å². The molecule has 3 nitrogen and oxygen atoms in total. The van der Waals surface area contributed by atoms with E-state index in [-0.39, 0.29) is 13.0 Å². The van der Waals surface area contributed by atoms with E-state index in [4.69, 9.17) is 0 Å². The average molecular weight is 328 g/mol. The van der Waals surface area contributed by atoms with Gasteiger partial charge in [0.1, 0.15) is 5.82 Å². The van der Waals surface area contributed by atoms with Gasteiger partial charge < -0.3 is 10.3 Å². The summed E-state index contributed by atoms with van der Waals surface area (Å²) in [5.41, 5.74) is 1.81. The number of hydrogen-bond acceptors (Lipinski definition) is 2. The molecule has 2 heterocycles. The Labute approximate surface area is 117 Å². The van der Waals surface area contributed by atoms with Crippen LogP contribution in [0.3, 0.4) is 0 Å². The summed E-state index contributed by atoms with van der Waals surface area (Å²) in [7, 11) is 0. The number of benzene rings is 1. The molecule has 19 heavy (non-hydrogen) atoms. The summed E-state index contributed by atoms with van der Waals surface area (Å²) in [5, 5.41) is 2.79. The van der Waals surface area contributed by atoms with Crippen LogP contribution < -0.4 is 5.32 Å². The van der Waals surface area contributed by atoms with Crippen molar-refractivity contribution in [3.8, 4) is 11.3 Å². The molecule has 1 aliphatic rings. The normalized spacial score (nSPS) is 21.7. The zero-order chi connectivity index (χ0) is 13.5. The van der Waals surface area contributed by atoms with Crippen LogP contribution in [0.15, 0.2) is 34.9 Å². The van der Waals surface area contributed by atoms with E-state index < -0.39 is 12.0 Å². The Balaban J connectivity index is 1.82. The number of halogens is 3. The lowest BCUT2D eigenvalue weighted by atomic mass is 10.2. The molecule has 1 aromatic heterocycles. The van der Waals surface area contributed by atoms with Gasteiger partial charge in [0.05, 0.1) is 24.5 Å². The molecule has 1 aromatic carbocycles. The molecule has 0 radical (unpaired) electrons. The maximum Gasteiger partial charge on any atom is 0.262 e. The zero-order valence-electron chi connectivity index (χ0n) is 9.96. The number of H-pyrrole nitrogens is 1. The van der Waals surface area contributed by atoms with Gasteiger partial charge in [-0.2, -0.15) is 0 Å². The van der Waals surface area contributed by atoms with E-state index in [1.54, 1.807) is 6.20 Å². The highest BCUT2D eigenvalue weighted by molar-refractivity contribution is 9.10. The van der Waals surface area contributed by atoms with Gasteiger partial charge in [0.2, 0.25) is 0 Å². The Kier molecular flexibility index (Phi) is 3.14. The van der Waals surface area contributed by atoms with Crippen molar-refractivity contribution in [2.45, 2.75) is 18.4 Å². The number of aromatic nitrogens is 2. The van der Waals surface area contributed by atoms with Crippen molar-refractivity contribution >= 4 is 15.9 Å². The summed E-state index contributed by atoms with van der Waals surface area (Å²) < 4.78 is 27.3. The Hall–Kier alpha value is -1.27. The van der Waals surface area contributed by atoms with Crippen LogP contribution in [-0.2, 0) is 0 Å². The Morgan fingerprint density at radius 3 is 2.63 bits per heavy atom. The van der Waals surface area contributed by atoms with Crippen LogP contribution >= 0.6 is 15.9 Å². The molecule has 2 N–H and O–H groups in total. The van der Waals surface area contributed by atoms with Gasteiger partial charge >= 0.3 is 0 Å². The molecule has 0 spiro atoms. The van der Waals surface area contributed by atoms with E-state index in [2.05, 4.69) is 31.2 Å². The molecule has 1 unspecified atom stereocenters. The van der Waals surface area contributed by atoms with Crippen LogP contribution in [0.2, 0.25) is 0 Å². The van der Waals surface area contributed by atoms with Gasteiger partial charge in [-0.3, -0.25) is 0 Å². The quantitative estimate of drug-likeness (QED) is 0.886. The Bertz CT molecular complexity index is 580. The maximum absolute atomic E-state index is 13.1. The van der Waals surface area contributed by atoms with E-state index in [1.807, 2.05) is 24.3 Å². The zero-order valence-corrected chi connectivity index (χ0v) is 11.5. The first-order valence-corrected chi connectivity index (χ1v) is 6.75. The second kappa shape index (κ2) is 4.68. The third-order valence-electron chi connectivity index (χ3n) is 3.19. The fraction of sp³-hybridized carbons (Fsp3) is 0.308. The maximum atomic E-state index is 13.1. The molecule has 1 atom stereocenters. The van der Waals surface area contributed by atoms with Crippen LogP contribution in [0.25, 0.3) is 11.3 Å². The van der Waals surface area contributed by atoms with Crippen molar-refractivity contribution < 1.29 is 8.78 Å². The molecule has 0 aliphatic carbocycles. The average Bonchev–Trinajstić information content (AvgIpc) is 2.96. The standard InChI is InChI=1S/C13H12BrF2N3/c14-9-3-1-8(2-4-9)11-6-17-12(19-11)10-5-13(15,16)7-18-10/h1-4,6,10,18H,5,7H2,(H,17,19). The van der Waals surface area contributed by atoms with Gasteiger partial charge in [0.25, 0.3) is 5.92 Å². The predicted octanol–water partition coefficient (Wildman–Crippen LogP) is 3.51. The van der Waals surface area contributed by atoms with Gasteiger partial charge in [-0.1, -0.05) is 28.1 Å². The van der Waals surface area contributed by atoms with E-state index in [0.717, 1.165) is 15.7 Å². The summed E-state index contributed by atoms with van der Waals surface area (Å²) >= 11 is 3.37. The fourth-order valence-electron chi connectivity index (χ4n) is 2.20. The van der Waals surface area contributed by atoms with Gasteiger partial charge in [-0.05, 0) is 17.7 Å². The summed E-state index contributed by atoms with van der Waals surface area (Å²) in [6, 6.07) is 7.34. The number of alkyl halides is 2. The lowest BCUT2D eigenvalue weighted by molar-refractivity contribution is 0.0208. The number of nitrogens with one attached hydrogen (secondary N) is 2. The van der Waals surface area contributed by atoms with Crippen LogP contribution in [0, 0.1) is 0 Å². The number of aromatic amines is 1. The molecule has 0 bridgehead atoms. The number of rotatable bonds is 2. The summed E-state index contributed by atoms with van der Waals surface area (Å²) in [6.45, 7) is -0.286. The Morgan fingerprint density at radius 2 is 2.00 bits per heavy atom. The molecule has 1 fully saturated rings. The van der Waals surface area contributed by atoms with Crippen LogP contribution in [0.4, 0.5) is 8.78 Å². The Morgan fingerprint density at radius 1 is 1.26 bits per heavy atom. The van der Waals surface area contributed by atoms with Crippen LogP contribution in [0.5, 0.6) is 0 Å². The topological polar surface area (TPSA) is 40.7 Å². The van der Waals surface area contributed by atoms with E-state index in [0.29, 0.717) is 5.82 Å². The molecular formula is C13H12BrF2N3. The molecular weight excluding hydrogens is 316 g/mol. The largest absolute Gasteiger partial charge is 0.341 e. The van der Waals surface area contributed by atoms with Crippen molar-refractivity contribution in [3.05, 3.63) is 40.8 Å². The minimum Gasteiger partial charge on any atom is -0.341 e. The number of hydrogen-bond donors (Lipinski definition) is 2. The number of imidazole rings is 1. The van der Waals surface area contributed by atoms with E-state index in [9.17, 15) is 8.78 Å². The number of nitrogens with zero attached hydrogens (tertiary/aromatic N) is 1. The third-order valence-corrected chi connectivity index (χ3v) is 3.72. The van der Waals surface area contributed by atoms with E-state index in [1.165, 1.54) is 0 Å². The SMILES string of the molecule is FC1(F)CNC(c2ncc(-c3ccc(Br)cc3)[nH]2)C1. The van der Waals surface area contributed by atoms with Crippen LogP contribution in [-0.4, -0.2) is 22.4 Å². The minimum absolute atomic E-state index is 0.208. The first kappa shape index (κ1) is 12.7. The second-order valence-electron chi connectivity index (χ2n) is 4.68. The van der Waals surface area contributed by atoms with Gasteiger partial charge in [-0.25, -0.2) is 13.8 Å². The molecule has 1 aliphatic heterocycles. The van der Waals surface area contributed by atoms with Crippen molar-refractivity contribution in [3.63, 3.8) is 0 Å². The lowest BCUT2D eigenvalue weighted by Crippen LogP contribution is -2.19. The first-order chi connectivity index (χ1) is 9.03. The van der Waals surface area contributed by atoms with Crippen molar-refractivity contribution in [1.82, 2.24) is 15.3 Å². The second-order valence-corrected chi connectivity index (χ2v) is 5.60. The van der Waals surface area contributed by atoms with Crippen molar-refractivity contribution in [2.75, 3.05) is 6.54 Å². The van der Waals surface area contributed by atoms with Crippen molar-refractivity contribution in [2.24, 2.45) is 0 Å². The molecule has 0 saturated carbocycles. The molecule has 0 amide bonds. The first-order valence-electron chi connectivity index (χ1n) is 5.96. The molecule has 6 heteroatoms. The van der Waals surface area contributed by atoms with Crippen molar-refractivity contribution in [1.29, 1.82) is 0 Å². The molecule has 100 valence electrons. The van der Waals surface area contributed by atoms with Gasteiger partial charge in [0.15, 0.2) is 0 Å². The monoisotopic (exact) mass is 327 g/mol. The summed E-state index contributed by atoms with van der Waals surface area (Å²) in [5.74, 6) is -2.08. The third kappa shape index (κ3) is 2.69. The van der Waals surface area contributed by atoms with Crippen LogP contribution in [0.1, 0.15) is 18.3 Å². The molecule has 3 rings (SSSR count). The molecule has 1 saturated heterocycles. The van der Waals surface area contributed by atoms with Gasteiger partial charge in [-0.15, -0.1) is 0 Å². The predicted molar refractivity (Wildman–Crippen MR) is 72.0 cm³/mol. The smallest absolute Gasteiger partial charge is 0.262 e. The molecule has 2 aromatic rings. The minimum atomic E-state index is -2.64. The highest BCUT2D eigenvalue weighted by Crippen LogP contribution is 2.33. The highest BCUT2D eigenvalue weighted by Gasteiger charge is 2.40. The summed E-state index contributed by atoms with van der Waals surface area (Å²) in [4.78, 5) is 7.31. The highest BCUT2D eigenvalue weighted by atomic mass is 79.9.